The van der Waals surface area contributed by atoms with Gasteiger partial charge in [0.1, 0.15) is 11.5 Å². The van der Waals surface area contributed by atoms with Crippen LogP contribution in [-0.2, 0) is 0 Å². The second-order valence-corrected chi connectivity index (χ2v) is 3.98. The minimum Gasteiger partial charge on any atom is -0.477 e. The Morgan fingerprint density at radius 2 is 2.12 bits per heavy atom. The number of rotatable bonds is 2. The number of aromatic nitrogens is 2. The summed E-state index contributed by atoms with van der Waals surface area (Å²) in [6, 6.07) is 3.68. The molecule has 1 heterocycles. The number of carbonyl (C=O) groups is 1. The summed E-state index contributed by atoms with van der Waals surface area (Å²) in [6.45, 7) is 0. The first-order valence-corrected chi connectivity index (χ1v) is 5.19. The normalized spacial score (nSPS) is 10.5. The molecule has 0 bridgehead atoms. The van der Waals surface area contributed by atoms with Crippen LogP contribution < -0.4 is 0 Å². The highest BCUT2D eigenvalue weighted by molar-refractivity contribution is 6.39. The van der Waals surface area contributed by atoms with Crippen molar-refractivity contribution >= 4 is 29.2 Å². The molecule has 1 aromatic heterocycles. The van der Waals surface area contributed by atoms with Gasteiger partial charge in [-0.25, -0.2) is 9.18 Å². The average molecular weight is 275 g/mol. The molecule has 2 N–H and O–H groups in total. The largest absolute Gasteiger partial charge is 0.477 e. The maximum absolute atomic E-state index is 13.3. The number of halogens is 3. The van der Waals surface area contributed by atoms with Gasteiger partial charge in [0, 0.05) is 5.56 Å². The molecule has 0 unspecified atom stereocenters. The van der Waals surface area contributed by atoms with Crippen molar-refractivity contribution in [1.82, 2.24) is 10.2 Å². The van der Waals surface area contributed by atoms with Crippen molar-refractivity contribution in [3.05, 3.63) is 39.8 Å². The summed E-state index contributed by atoms with van der Waals surface area (Å²) in [4.78, 5) is 10.7. The molecule has 0 amide bonds. The molecule has 2 aromatic rings. The van der Waals surface area contributed by atoms with Gasteiger partial charge >= 0.3 is 5.97 Å². The predicted octanol–water partition coefficient (Wildman–Crippen LogP) is 3.22. The van der Waals surface area contributed by atoms with Crippen molar-refractivity contribution in [2.24, 2.45) is 0 Å². The number of nitrogens with zero attached hydrogens (tertiary/aromatic N) is 1. The van der Waals surface area contributed by atoms with Crippen molar-refractivity contribution in [1.29, 1.82) is 0 Å². The second kappa shape index (κ2) is 4.35. The zero-order valence-corrected chi connectivity index (χ0v) is 9.68. The molecule has 0 spiro atoms. The molecule has 7 heteroatoms. The van der Waals surface area contributed by atoms with E-state index in [1.807, 2.05) is 0 Å². The molecule has 1 aromatic carbocycles. The zero-order valence-electron chi connectivity index (χ0n) is 8.17. The minimum absolute atomic E-state index is 0.128. The number of carboxylic acids is 1. The van der Waals surface area contributed by atoms with E-state index in [1.165, 1.54) is 12.1 Å². The molecular weight excluding hydrogens is 270 g/mol. The molecule has 0 aliphatic heterocycles. The van der Waals surface area contributed by atoms with Crippen molar-refractivity contribution < 1.29 is 14.3 Å². The van der Waals surface area contributed by atoms with Crippen LogP contribution >= 0.6 is 23.2 Å². The van der Waals surface area contributed by atoms with Crippen molar-refractivity contribution in [2.45, 2.75) is 0 Å². The highest BCUT2D eigenvalue weighted by Crippen LogP contribution is 2.35. The van der Waals surface area contributed by atoms with E-state index in [1.54, 1.807) is 0 Å². The van der Waals surface area contributed by atoms with Crippen LogP contribution in [0.1, 0.15) is 10.5 Å². The minimum atomic E-state index is -1.17. The first kappa shape index (κ1) is 11.9. The monoisotopic (exact) mass is 274 g/mol. The number of hydrogen-bond acceptors (Lipinski definition) is 2. The number of benzene rings is 1. The number of hydrogen-bond donors (Lipinski definition) is 2. The van der Waals surface area contributed by atoms with Gasteiger partial charge in [0.2, 0.25) is 0 Å². The van der Waals surface area contributed by atoms with Crippen molar-refractivity contribution in [2.75, 3.05) is 0 Å². The van der Waals surface area contributed by atoms with Crippen LogP contribution in [0.5, 0.6) is 0 Å². The van der Waals surface area contributed by atoms with E-state index in [0.717, 1.165) is 6.07 Å². The molecule has 0 aliphatic rings. The molecule has 0 saturated carbocycles. The standard InChI is InChI=1S/C10H5Cl2FN2O2/c11-4-1-2-5(13)9(12)8(4)6-3-7(10(16)17)15-14-6/h1-3H,(H,14,15)(H,16,17). The van der Waals surface area contributed by atoms with Gasteiger partial charge in [0.05, 0.1) is 15.7 Å². The van der Waals surface area contributed by atoms with E-state index in [4.69, 9.17) is 28.3 Å². The van der Waals surface area contributed by atoms with Crippen LogP contribution in [-0.4, -0.2) is 21.3 Å². The van der Waals surface area contributed by atoms with Gasteiger partial charge in [0.25, 0.3) is 0 Å². The van der Waals surface area contributed by atoms with E-state index in [-0.39, 0.29) is 27.0 Å². The quantitative estimate of drug-likeness (QED) is 0.827. The van der Waals surface area contributed by atoms with Crippen molar-refractivity contribution in [3.63, 3.8) is 0 Å². The Bertz CT molecular complexity index is 598. The Morgan fingerprint density at radius 3 is 2.71 bits per heavy atom. The molecule has 17 heavy (non-hydrogen) atoms. The van der Waals surface area contributed by atoms with E-state index in [0.29, 0.717) is 0 Å². The second-order valence-electron chi connectivity index (χ2n) is 3.19. The third-order valence-electron chi connectivity index (χ3n) is 2.11. The van der Waals surface area contributed by atoms with E-state index in [9.17, 15) is 9.18 Å². The molecule has 88 valence electrons. The molecule has 0 radical (unpaired) electrons. The molecule has 0 atom stereocenters. The number of aromatic amines is 1. The van der Waals surface area contributed by atoms with E-state index < -0.39 is 11.8 Å². The van der Waals surface area contributed by atoms with Gasteiger partial charge in [-0.3, -0.25) is 5.10 Å². The summed E-state index contributed by atoms with van der Waals surface area (Å²) in [5.41, 5.74) is 0.213. The van der Waals surface area contributed by atoms with Gasteiger partial charge in [-0.15, -0.1) is 0 Å². The Balaban J connectivity index is 2.60. The van der Waals surface area contributed by atoms with Crippen LogP contribution in [0.25, 0.3) is 11.3 Å². The number of carboxylic acid groups (broad SMARTS) is 1. The Kier molecular flexibility index (Phi) is 3.04. The van der Waals surface area contributed by atoms with Crippen molar-refractivity contribution in [3.8, 4) is 11.3 Å². The number of aromatic carboxylic acids is 1. The van der Waals surface area contributed by atoms with Crippen LogP contribution in [0.3, 0.4) is 0 Å². The summed E-state index contributed by atoms with van der Waals surface area (Å²) < 4.78 is 13.3. The van der Waals surface area contributed by atoms with Gasteiger partial charge < -0.3 is 5.11 Å². The first-order chi connectivity index (χ1) is 8.00. The lowest BCUT2D eigenvalue weighted by Crippen LogP contribution is -1.95. The summed E-state index contributed by atoms with van der Waals surface area (Å²) >= 11 is 11.6. The Morgan fingerprint density at radius 1 is 1.41 bits per heavy atom. The first-order valence-electron chi connectivity index (χ1n) is 4.43. The summed E-state index contributed by atoms with van der Waals surface area (Å²) in [5.74, 6) is -1.82. The van der Waals surface area contributed by atoms with Crippen LogP contribution in [0.2, 0.25) is 10.0 Å². The smallest absolute Gasteiger partial charge is 0.353 e. The van der Waals surface area contributed by atoms with Crippen LogP contribution in [0, 0.1) is 5.82 Å². The molecule has 0 saturated heterocycles. The van der Waals surface area contributed by atoms with Gasteiger partial charge in [-0.05, 0) is 18.2 Å². The highest BCUT2D eigenvalue weighted by atomic mass is 35.5. The zero-order chi connectivity index (χ0) is 12.6. The Labute approximate surface area is 105 Å². The average Bonchev–Trinajstić information content (AvgIpc) is 2.73. The summed E-state index contributed by atoms with van der Waals surface area (Å²) in [5, 5.41) is 14.7. The SMILES string of the molecule is O=C(O)c1cc(-c2c(Cl)ccc(F)c2Cl)n[nH]1. The third kappa shape index (κ3) is 2.11. The summed E-state index contributed by atoms with van der Waals surface area (Å²) in [6.07, 6.45) is 0. The van der Waals surface area contributed by atoms with Crippen LogP contribution in [0.15, 0.2) is 18.2 Å². The molecule has 4 nitrogen and oxygen atoms in total. The lowest BCUT2D eigenvalue weighted by Gasteiger charge is -2.03. The van der Waals surface area contributed by atoms with Crippen LogP contribution in [0.4, 0.5) is 4.39 Å². The number of nitrogens with one attached hydrogen (secondary N) is 1. The fourth-order valence-electron chi connectivity index (χ4n) is 1.32. The van der Waals surface area contributed by atoms with Gasteiger partial charge in [-0.1, -0.05) is 23.2 Å². The van der Waals surface area contributed by atoms with Gasteiger partial charge in [-0.2, -0.15) is 5.10 Å². The fourth-order valence-corrected chi connectivity index (χ4v) is 1.89. The summed E-state index contributed by atoms with van der Waals surface area (Å²) in [7, 11) is 0. The number of H-pyrrole nitrogens is 1. The lowest BCUT2D eigenvalue weighted by molar-refractivity contribution is 0.0690. The van der Waals surface area contributed by atoms with Gasteiger partial charge in [0.15, 0.2) is 0 Å². The maximum atomic E-state index is 13.3. The molecule has 0 aliphatic carbocycles. The van der Waals surface area contributed by atoms with E-state index >= 15 is 0 Å². The predicted molar refractivity (Wildman–Crippen MR) is 61.0 cm³/mol. The maximum Gasteiger partial charge on any atom is 0.353 e. The topological polar surface area (TPSA) is 66.0 Å². The molecular formula is C10H5Cl2FN2O2. The molecule has 2 rings (SSSR count). The third-order valence-corrected chi connectivity index (χ3v) is 2.79. The fraction of sp³-hybridized carbons (Fsp3) is 0. The van der Waals surface area contributed by atoms with E-state index in [2.05, 4.69) is 10.2 Å². The molecule has 0 fully saturated rings. The lowest BCUT2D eigenvalue weighted by atomic mass is 10.1. The highest BCUT2D eigenvalue weighted by Gasteiger charge is 2.17. The Hall–Kier alpha value is -1.59.